The monoisotopic (exact) mass is 345 g/mol. The summed E-state index contributed by atoms with van der Waals surface area (Å²) >= 11 is 0. The molecule has 3 aliphatic rings. The molecular weight excluding hydrogens is 326 g/mol. The maximum Gasteiger partial charge on any atom is 0.305 e. The standard InChI is InChI=1S/C18H19NO6/c1-10(20)23-16-14-8-13-15(16)18(25-14,24-11(2)21)9-19(17(13)22)12-6-4-3-5-7-12/h3-7,13-16H,8-9H2,1-2H3/t13-,14-,15+,16+,18+/m0/s1. The molecule has 5 atom stereocenters. The highest BCUT2D eigenvalue weighted by Gasteiger charge is 2.71. The minimum absolute atomic E-state index is 0.0538. The van der Waals surface area contributed by atoms with E-state index in [1.54, 1.807) is 4.90 Å². The third-order valence-corrected chi connectivity index (χ3v) is 5.15. The first-order valence-electron chi connectivity index (χ1n) is 8.32. The van der Waals surface area contributed by atoms with E-state index in [2.05, 4.69) is 0 Å². The van der Waals surface area contributed by atoms with Crippen molar-refractivity contribution in [1.29, 1.82) is 0 Å². The summed E-state index contributed by atoms with van der Waals surface area (Å²) in [7, 11) is 0. The Morgan fingerprint density at radius 1 is 1.20 bits per heavy atom. The Bertz CT molecular complexity index is 734. The van der Waals surface area contributed by atoms with E-state index in [0.717, 1.165) is 5.69 Å². The molecule has 25 heavy (non-hydrogen) atoms. The quantitative estimate of drug-likeness (QED) is 0.767. The van der Waals surface area contributed by atoms with Crippen molar-refractivity contribution in [2.45, 2.75) is 38.3 Å². The minimum atomic E-state index is -1.27. The summed E-state index contributed by atoms with van der Waals surface area (Å²) in [5, 5.41) is 0. The summed E-state index contributed by atoms with van der Waals surface area (Å²) < 4.78 is 17.0. The molecule has 2 aliphatic heterocycles. The number of anilines is 1. The zero-order chi connectivity index (χ0) is 17.8. The Hall–Kier alpha value is -2.41. The van der Waals surface area contributed by atoms with Crippen LogP contribution in [0.2, 0.25) is 0 Å². The third-order valence-electron chi connectivity index (χ3n) is 5.15. The Morgan fingerprint density at radius 2 is 1.92 bits per heavy atom. The maximum atomic E-state index is 13.0. The van der Waals surface area contributed by atoms with Crippen LogP contribution >= 0.6 is 0 Å². The van der Waals surface area contributed by atoms with E-state index in [1.807, 2.05) is 30.3 Å². The predicted octanol–water partition coefficient (Wildman–Crippen LogP) is 1.26. The zero-order valence-corrected chi connectivity index (χ0v) is 14.0. The van der Waals surface area contributed by atoms with Gasteiger partial charge < -0.3 is 19.1 Å². The van der Waals surface area contributed by atoms with Gasteiger partial charge >= 0.3 is 11.9 Å². The van der Waals surface area contributed by atoms with Crippen molar-refractivity contribution in [3.05, 3.63) is 30.3 Å². The molecular formula is C18H19NO6. The normalized spacial score (nSPS) is 35.6. The fraction of sp³-hybridized carbons (Fsp3) is 0.500. The lowest BCUT2D eigenvalue weighted by Crippen LogP contribution is -2.63. The van der Waals surface area contributed by atoms with Gasteiger partial charge in [0, 0.05) is 19.5 Å². The molecule has 4 rings (SSSR count). The highest BCUT2D eigenvalue weighted by atomic mass is 16.7. The second-order valence-corrected chi connectivity index (χ2v) is 6.76. The summed E-state index contributed by atoms with van der Waals surface area (Å²) in [5.41, 5.74) is 0.723. The van der Waals surface area contributed by atoms with Gasteiger partial charge in [-0.25, -0.2) is 0 Å². The van der Waals surface area contributed by atoms with E-state index >= 15 is 0 Å². The van der Waals surface area contributed by atoms with Crippen LogP contribution in [0.1, 0.15) is 20.3 Å². The van der Waals surface area contributed by atoms with Gasteiger partial charge in [0.1, 0.15) is 12.2 Å². The highest BCUT2D eigenvalue weighted by molar-refractivity contribution is 5.97. The van der Waals surface area contributed by atoms with Gasteiger partial charge in [-0.3, -0.25) is 14.4 Å². The number of benzene rings is 1. The molecule has 2 heterocycles. The van der Waals surface area contributed by atoms with E-state index < -0.39 is 41.8 Å². The van der Waals surface area contributed by atoms with Crippen LogP contribution in [-0.4, -0.2) is 42.4 Å². The van der Waals surface area contributed by atoms with E-state index in [9.17, 15) is 14.4 Å². The molecule has 0 N–H and O–H groups in total. The summed E-state index contributed by atoms with van der Waals surface area (Å²) in [6.07, 6.45) is -0.544. The summed E-state index contributed by atoms with van der Waals surface area (Å²) in [6.45, 7) is 2.72. The van der Waals surface area contributed by atoms with Crippen LogP contribution in [0.4, 0.5) is 5.69 Å². The Balaban J connectivity index is 1.72. The number of nitrogens with zero attached hydrogens (tertiary/aromatic N) is 1. The smallest absolute Gasteiger partial charge is 0.305 e. The first kappa shape index (κ1) is 16.1. The SMILES string of the molecule is CC(=O)O[C@H]1[C@H]2[C@@H]3C[C@@H]1O[C@]2(OC(C)=O)CN(c1ccccc1)C3=O. The summed E-state index contributed by atoms with van der Waals surface area (Å²) in [4.78, 5) is 37.8. The number of hydrogen-bond acceptors (Lipinski definition) is 6. The molecule has 1 aromatic carbocycles. The summed E-state index contributed by atoms with van der Waals surface area (Å²) in [6, 6.07) is 9.20. The molecule has 0 unspecified atom stereocenters. The molecule has 1 aliphatic carbocycles. The Kier molecular flexibility index (Phi) is 3.57. The molecule has 0 aromatic heterocycles. The number of esters is 2. The lowest BCUT2D eigenvalue weighted by atomic mass is 9.81. The third kappa shape index (κ3) is 2.41. The topological polar surface area (TPSA) is 82.1 Å². The van der Waals surface area contributed by atoms with Gasteiger partial charge in [-0.1, -0.05) is 18.2 Å². The number of carbonyl (C=O) groups is 3. The van der Waals surface area contributed by atoms with Gasteiger partial charge in [0.2, 0.25) is 11.7 Å². The lowest BCUT2D eigenvalue weighted by Gasteiger charge is -2.47. The number of amides is 1. The fourth-order valence-electron chi connectivity index (χ4n) is 4.43. The molecule has 132 valence electrons. The van der Waals surface area contributed by atoms with Crippen LogP contribution in [0.3, 0.4) is 0 Å². The van der Waals surface area contributed by atoms with Crippen LogP contribution in [0.25, 0.3) is 0 Å². The number of rotatable bonds is 3. The Labute approximate surface area is 144 Å². The summed E-state index contributed by atoms with van der Waals surface area (Å²) in [5.74, 6) is -3.13. The molecule has 2 bridgehead atoms. The molecule has 1 amide bonds. The fourth-order valence-corrected chi connectivity index (χ4v) is 4.43. The van der Waals surface area contributed by atoms with Gasteiger partial charge in [0.05, 0.1) is 18.4 Å². The van der Waals surface area contributed by atoms with Crippen molar-refractivity contribution in [1.82, 2.24) is 0 Å². The second kappa shape index (κ2) is 5.56. The second-order valence-electron chi connectivity index (χ2n) is 6.76. The van der Waals surface area contributed by atoms with Crippen LogP contribution in [0.15, 0.2) is 30.3 Å². The molecule has 7 heteroatoms. The average Bonchev–Trinajstić information content (AvgIpc) is 3.03. The zero-order valence-electron chi connectivity index (χ0n) is 14.0. The lowest BCUT2D eigenvalue weighted by molar-refractivity contribution is -0.257. The van der Waals surface area contributed by atoms with E-state index in [1.165, 1.54) is 13.8 Å². The van der Waals surface area contributed by atoms with E-state index in [4.69, 9.17) is 14.2 Å². The number of hydrogen-bond donors (Lipinski definition) is 0. The van der Waals surface area contributed by atoms with E-state index in [0.29, 0.717) is 6.42 Å². The van der Waals surface area contributed by atoms with Crippen molar-refractivity contribution < 1.29 is 28.6 Å². The highest BCUT2D eigenvalue weighted by Crippen LogP contribution is 2.56. The largest absolute Gasteiger partial charge is 0.459 e. The van der Waals surface area contributed by atoms with Gasteiger partial charge in [-0.05, 0) is 18.6 Å². The first-order valence-corrected chi connectivity index (χ1v) is 8.32. The minimum Gasteiger partial charge on any atom is -0.459 e. The van der Waals surface area contributed by atoms with Gasteiger partial charge in [-0.2, -0.15) is 0 Å². The van der Waals surface area contributed by atoms with Crippen molar-refractivity contribution in [2.75, 3.05) is 11.4 Å². The molecule has 0 radical (unpaired) electrons. The van der Waals surface area contributed by atoms with Gasteiger partial charge in [0.15, 0.2) is 0 Å². The molecule has 7 nitrogen and oxygen atoms in total. The van der Waals surface area contributed by atoms with Crippen LogP contribution in [-0.2, 0) is 28.6 Å². The van der Waals surface area contributed by atoms with Crippen molar-refractivity contribution >= 4 is 23.5 Å². The van der Waals surface area contributed by atoms with Gasteiger partial charge in [0.25, 0.3) is 0 Å². The van der Waals surface area contributed by atoms with Crippen molar-refractivity contribution in [2.24, 2.45) is 11.8 Å². The first-order chi connectivity index (χ1) is 11.9. The average molecular weight is 345 g/mol. The van der Waals surface area contributed by atoms with Crippen molar-refractivity contribution in [3.63, 3.8) is 0 Å². The molecule has 1 saturated carbocycles. The van der Waals surface area contributed by atoms with Crippen LogP contribution in [0, 0.1) is 11.8 Å². The van der Waals surface area contributed by atoms with Gasteiger partial charge in [-0.15, -0.1) is 0 Å². The van der Waals surface area contributed by atoms with Crippen LogP contribution < -0.4 is 4.90 Å². The molecule has 1 aromatic rings. The molecule has 2 saturated heterocycles. The molecule has 0 spiro atoms. The van der Waals surface area contributed by atoms with Crippen LogP contribution in [0.5, 0.6) is 0 Å². The maximum absolute atomic E-state index is 13.0. The number of ether oxygens (including phenoxy) is 3. The number of fused-ring (bicyclic) bond motifs is 1. The van der Waals surface area contributed by atoms with E-state index in [-0.39, 0.29) is 12.5 Å². The number of piperidine rings is 1. The molecule has 3 fully saturated rings. The number of carbonyl (C=O) groups excluding carboxylic acids is 3. The number of para-hydroxylation sites is 1. The van der Waals surface area contributed by atoms with Crippen molar-refractivity contribution in [3.8, 4) is 0 Å². The predicted molar refractivity (Wildman–Crippen MR) is 85.3 cm³/mol. The Morgan fingerprint density at radius 3 is 2.56 bits per heavy atom.